The van der Waals surface area contributed by atoms with Crippen LogP contribution in [-0.2, 0) is 4.74 Å². The van der Waals surface area contributed by atoms with E-state index in [4.69, 9.17) is 4.74 Å². The molecule has 1 rings (SSSR count). The lowest BCUT2D eigenvalue weighted by Crippen LogP contribution is -2.44. The van der Waals surface area contributed by atoms with Gasteiger partial charge in [0.15, 0.2) is 0 Å². The van der Waals surface area contributed by atoms with Crippen molar-refractivity contribution >= 4 is 6.09 Å². The van der Waals surface area contributed by atoms with Crippen molar-refractivity contribution in [2.75, 3.05) is 0 Å². The molecule has 24 heavy (non-hydrogen) atoms. The molecule has 142 valence electrons. The minimum Gasteiger partial charge on any atom is -0.444 e. The lowest BCUT2D eigenvalue weighted by Gasteiger charge is -2.33. The average molecular weight is 344 g/mol. The van der Waals surface area contributed by atoms with Gasteiger partial charge in [-0.25, -0.2) is 4.79 Å². The summed E-state index contributed by atoms with van der Waals surface area (Å²) >= 11 is 0. The van der Waals surface area contributed by atoms with Gasteiger partial charge in [0.05, 0.1) is 12.2 Å². The third-order valence-electron chi connectivity index (χ3n) is 4.60. The molecule has 5 nitrogen and oxygen atoms in total. The summed E-state index contributed by atoms with van der Waals surface area (Å²) in [5, 5.41) is 23.2. The van der Waals surface area contributed by atoms with E-state index >= 15 is 0 Å². The third kappa shape index (κ3) is 8.34. The minimum atomic E-state index is -0.684. The van der Waals surface area contributed by atoms with E-state index in [1.54, 1.807) is 0 Å². The van der Waals surface area contributed by atoms with Crippen molar-refractivity contribution in [3.63, 3.8) is 0 Å². The average Bonchev–Trinajstić information content (AvgIpc) is 2.43. The van der Waals surface area contributed by atoms with E-state index in [0.29, 0.717) is 24.7 Å². The van der Waals surface area contributed by atoms with Gasteiger partial charge in [-0.15, -0.1) is 0 Å². The summed E-state index contributed by atoms with van der Waals surface area (Å²) in [6, 6.07) is 0.100. The van der Waals surface area contributed by atoms with Gasteiger partial charge in [0.25, 0.3) is 0 Å². The van der Waals surface area contributed by atoms with Gasteiger partial charge in [-0.1, -0.05) is 26.7 Å². The van der Waals surface area contributed by atoms with Crippen molar-refractivity contribution in [3.8, 4) is 0 Å². The van der Waals surface area contributed by atoms with Gasteiger partial charge in [-0.05, 0) is 64.7 Å². The van der Waals surface area contributed by atoms with Crippen molar-refractivity contribution in [3.05, 3.63) is 0 Å². The first-order valence-electron chi connectivity index (χ1n) is 9.44. The van der Waals surface area contributed by atoms with E-state index in [1.807, 2.05) is 34.6 Å². The fourth-order valence-electron chi connectivity index (χ4n) is 3.42. The second-order valence-corrected chi connectivity index (χ2v) is 8.64. The molecule has 1 unspecified atom stereocenters. The van der Waals surface area contributed by atoms with Crippen LogP contribution in [0.3, 0.4) is 0 Å². The van der Waals surface area contributed by atoms with Crippen LogP contribution in [0.15, 0.2) is 0 Å². The van der Waals surface area contributed by atoms with Crippen LogP contribution < -0.4 is 5.32 Å². The molecule has 4 atom stereocenters. The van der Waals surface area contributed by atoms with Crippen LogP contribution in [0.25, 0.3) is 0 Å². The van der Waals surface area contributed by atoms with E-state index in [-0.39, 0.29) is 12.1 Å². The number of rotatable bonds is 7. The molecule has 0 bridgehead atoms. The number of alkyl carbamates (subject to hydrolysis) is 1. The zero-order valence-electron chi connectivity index (χ0n) is 16.0. The number of hydrogen-bond donors (Lipinski definition) is 3. The van der Waals surface area contributed by atoms with E-state index in [9.17, 15) is 15.0 Å². The summed E-state index contributed by atoms with van der Waals surface area (Å²) in [4.78, 5) is 12.0. The standard InChI is InChI=1S/C19H37NO4/c1-13(2)12-17(22)16(21)11-10-14-8-6-7-9-15(14)20-18(23)24-19(3,4)5/h13-17,21-22H,6-12H2,1-5H3,(H,20,23)/t14?,15-,16+,17-/m0/s1. The normalized spacial score (nSPS) is 24.5. The maximum Gasteiger partial charge on any atom is 0.407 e. The Morgan fingerprint density at radius 1 is 1.17 bits per heavy atom. The first-order valence-corrected chi connectivity index (χ1v) is 9.44. The van der Waals surface area contributed by atoms with Crippen molar-refractivity contribution in [1.82, 2.24) is 5.32 Å². The first-order chi connectivity index (χ1) is 11.1. The predicted octanol–water partition coefficient (Wildman–Crippen LogP) is 3.62. The van der Waals surface area contributed by atoms with Crippen molar-refractivity contribution in [2.24, 2.45) is 11.8 Å². The Hall–Kier alpha value is -0.810. The summed E-state index contributed by atoms with van der Waals surface area (Å²) < 4.78 is 5.36. The molecule has 3 N–H and O–H groups in total. The highest BCUT2D eigenvalue weighted by atomic mass is 16.6. The van der Waals surface area contributed by atoms with Crippen LogP contribution in [0.1, 0.15) is 79.6 Å². The van der Waals surface area contributed by atoms with E-state index < -0.39 is 17.8 Å². The molecular weight excluding hydrogens is 306 g/mol. The number of hydrogen-bond acceptors (Lipinski definition) is 4. The van der Waals surface area contributed by atoms with Crippen molar-refractivity contribution in [2.45, 2.75) is 103 Å². The molecule has 0 aliphatic heterocycles. The predicted molar refractivity (Wildman–Crippen MR) is 95.8 cm³/mol. The smallest absolute Gasteiger partial charge is 0.407 e. The number of carbonyl (C=O) groups is 1. The molecule has 5 heteroatoms. The lowest BCUT2D eigenvalue weighted by molar-refractivity contribution is -0.00226. The third-order valence-corrected chi connectivity index (χ3v) is 4.60. The Morgan fingerprint density at radius 2 is 1.79 bits per heavy atom. The number of nitrogens with one attached hydrogen (secondary N) is 1. The lowest BCUT2D eigenvalue weighted by atomic mass is 9.80. The van der Waals surface area contributed by atoms with E-state index in [2.05, 4.69) is 5.32 Å². The number of aliphatic hydroxyl groups is 2. The second-order valence-electron chi connectivity index (χ2n) is 8.64. The van der Waals surface area contributed by atoms with Crippen molar-refractivity contribution < 1.29 is 19.7 Å². The van der Waals surface area contributed by atoms with E-state index in [0.717, 1.165) is 32.1 Å². The van der Waals surface area contributed by atoms with Gasteiger partial charge in [-0.2, -0.15) is 0 Å². The number of amides is 1. The van der Waals surface area contributed by atoms with Crippen LogP contribution in [0.5, 0.6) is 0 Å². The van der Waals surface area contributed by atoms with Crippen molar-refractivity contribution in [1.29, 1.82) is 0 Å². The Kier molecular flexibility index (Phi) is 8.51. The highest BCUT2D eigenvalue weighted by molar-refractivity contribution is 5.68. The fourth-order valence-corrected chi connectivity index (χ4v) is 3.42. The molecule has 1 aliphatic rings. The zero-order chi connectivity index (χ0) is 18.3. The molecule has 0 radical (unpaired) electrons. The van der Waals surface area contributed by atoms with Crippen LogP contribution in [0, 0.1) is 11.8 Å². The van der Waals surface area contributed by atoms with Crippen LogP contribution in [-0.4, -0.2) is 40.2 Å². The number of ether oxygens (including phenoxy) is 1. The van der Waals surface area contributed by atoms with Gasteiger partial charge in [-0.3, -0.25) is 0 Å². The highest BCUT2D eigenvalue weighted by Gasteiger charge is 2.29. The van der Waals surface area contributed by atoms with Gasteiger partial charge < -0.3 is 20.3 Å². The number of carbonyl (C=O) groups excluding carboxylic acids is 1. The van der Waals surface area contributed by atoms with Crippen LogP contribution >= 0.6 is 0 Å². The largest absolute Gasteiger partial charge is 0.444 e. The zero-order valence-corrected chi connectivity index (χ0v) is 16.0. The monoisotopic (exact) mass is 343 g/mol. The summed E-state index contributed by atoms with van der Waals surface area (Å²) in [5.41, 5.74) is -0.495. The summed E-state index contributed by atoms with van der Waals surface area (Å²) in [7, 11) is 0. The molecule has 0 aromatic rings. The fraction of sp³-hybridized carbons (Fsp3) is 0.947. The van der Waals surface area contributed by atoms with E-state index in [1.165, 1.54) is 0 Å². The molecule has 0 spiro atoms. The topological polar surface area (TPSA) is 78.8 Å². The highest BCUT2D eigenvalue weighted by Crippen LogP contribution is 2.29. The molecule has 1 amide bonds. The molecule has 0 saturated heterocycles. The first kappa shape index (κ1) is 21.2. The Bertz CT molecular complexity index is 378. The molecule has 0 aromatic heterocycles. The second kappa shape index (κ2) is 9.62. The molecule has 0 heterocycles. The number of aliphatic hydroxyl groups excluding tert-OH is 2. The quantitative estimate of drug-likeness (QED) is 0.660. The van der Waals surface area contributed by atoms with Gasteiger partial charge in [0.2, 0.25) is 0 Å². The molecule has 1 saturated carbocycles. The van der Waals surface area contributed by atoms with Crippen LogP contribution in [0.4, 0.5) is 4.79 Å². The van der Waals surface area contributed by atoms with Gasteiger partial charge >= 0.3 is 6.09 Å². The maximum atomic E-state index is 12.0. The summed E-state index contributed by atoms with van der Waals surface area (Å²) in [6.07, 6.45) is 4.56. The Balaban J connectivity index is 2.47. The van der Waals surface area contributed by atoms with Crippen LogP contribution in [0.2, 0.25) is 0 Å². The SMILES string of the molecule is CC(C)C[C@H](O)[C@H](O)CCC1CCCC[C@@H]1NC(=O)OC(C)(C)C. The molecule has 1 aliphatic carbocycles. The summed E-state index contributed by atoms with van der Waals surface area (Å²) in [6.45, 7) is 9.65. The molecule has 0 aromatic carbocycles. The maximum absolute atomic E-state index is 12.0. The molecular formula is C19H37NO4. The molecule has 1 fully saturated rings. The minimum absolute atomic E-state index is 0.100. The van der Waals surface area contributed by atoms with Gasteiger partial charge in [0.1, 0.15) is 5.60 Å². The van der Waals surface area contributed by atoms with Gasteiger partial charge in [0, 0.05) is 6.04 Å². The Labute approximate surface area is 147 Å². The summed E-state index contributed by atoms with van der Waals surface area (Å²) in [5.74, 6) is 0.707. The Morgan fingerprint density at radius 3 is 2.38 bits per heavy atom.